The summed E-state index contributed by atoms with van der Waals surface area (Å²) < 4.78 is 10.5. The average Bonchev–Trinajstić information content (AvgIpc) is 2.86. The van der Waals surface area contributed by atoms with Crippen LogP contribution in [0.1, 0.15) is 21.5 Å². The maximum atomic E-state index is 11.2. The lowest BCUT2D eigenvalue weighted by molar-refractivity contribution is 0.411. The molecule has 0 radical (unpaired) electrons. The minimum absolute atomic E-state index is 0.00315. The van der Waals surface area contributed by atoms with Crippen LogP contribution in [0.5, 0.6) is 5.75 Å². The van der Waals surface area contributed by atoms with Gasteiger partial charge in [0.1, 0.15) is 5.75 Å². The van der Waals surface area contributed by atoms with Crippen LogP contribution >= 0.6 is 15.9 Å². The van der Waals surface area contributed by atoms with E-state index >= 15 is 0 Å². The van der Waals surface area contributed by atoms with E-state index in [-0.39, 0.29) is 4.83 Å². The molecule has 21 heavy (non-hydrogen) atoms. The van der Waals surface area contributed by atoms with Gasteiger partial charge >= 0.3 is 5.76 Å². The van der Waals surface area contributed by atoms with Crippen LogP contribution in [0.25, 0.3) is 11.1 Å². The Morgan fingerprint density at radius 2 is 1.90 bits per heavy atom. The van der Waals surface area contributed by atoms with E-state index in [9.17, 15) is 4.79 Å². The molecule has 0 aliphatic heterocycles. The molecule has 0 aliphatic rings. The lowest BCUT2D eigenvalue weighted by atomic mass is 10.0. The summed E-state index contributed by atoms with van der Waals surface area (Å²) in [5, 5.41) is 0. The largest absolute Gasteiger partial charge is 0.496 e. The van der Waals surface area contributed by atoms with Crippen molar-refractivity contribution in [3.8, 4) is 5.75 Å². The molecule has 5 heteroatoms. The van der Waals surface area contributed by atoms with Gasteiger partial charge in [0.15, 0.2) is 5.58 Å². The Bertz CT molecular complexity index is 850. The number of methoxy groups -OCH3 is 1. The van der Waals surface area contributed by atoms with Gasteiger partial charge in [0.2, 0.25) is 0 Å². The van der Waals surface area contributed by atoms with Gasteiger partial charge in [-0.2, -0.15) is 0 Å². The van der Waals surface area contributed by atoms with Gasteiger partial charge in [-0.25, -0.2) is 4.79 Å². The fourth-order valence-electron chi connectivity index (χ4n) is 2.31. The topological polar surface area (TPSA) is 55.2 Å². The summed E-state index contributed by atoms with van der Waals surface area (Å²) in [6.07, 6.45) is 0. The number of ether oxygens (including phenoxy) is 1. The number of nitrogens with one attached hydrogen (secondary N) is 1. The minimum atomic E-state index is -0.440. The van der Waals surface area contributed by atoms with Crippen LogP contribution in [0.15, 0.2) is 45.6 Å². The molecule has 3 aromatic rings. The van der Waals surface area contributed by atoms with E-state index in [1.807, 2.05) is 37.3 Å². The molecule has 0 aliphatic carbocycles. The zero-order valence-corrected chi connectivity index (χ0v) is 13.2. The number of oxazole rings is 1. The monoisotopic (exact) mass is 347 g/mol. The molecule has 0 bridgehead atoms. The number of fused-ring (bicyclic) bond motifs is 1. The highest BCUT2D eigenvalue weighted by atomic mass is 79.9. The van der Waals surface area contributed by atoms with Gasteiger partial charge in [0.25, 0.3) is 0 Å². The van der Waals surface area contributed by atoms with Crippen LogP contribution < -0.4 is 10.5 Å². The van der Waals surface area contributed by atoms with Crippen LogP contribution in [0.4, 0.5) is 0 Å². The van der Waals surface area contributed by atoms with E-state index in [0.717, 1.165) is 22.4 Å². The Morgan fingerprint density at radius 1 is 1.19 bits per heavy atom. The minimum Gasteiger partial charge on any atom is -0.496 e. The van der Waals surface area contributed by atoms with Crippen molar-refractivity contribution in [2.45, 2.75) is 11.8 Å². The van der Waals surface area contributed by atoms with E-state index in [1.165, 1.54) is 0 Å². The summed E-state index contributed by atoms with van der Waals surface area (Å²) in [4.78, 5) is 13.8. The number of alkyl halides is 1. The molecule has 1 unspecified atom stereocenters. The lowest BCUT2D eigenvalue weighted by Crippen LogP contribution is -1.95. The van der Waals surface area contributed by atoms with Gasteiger partial charge in [-0.3, -0.25) is 4.98 Å². The maximum absolute atomic E-state index is 11.2. The van der Waals surface area contributed by atoms with Crippen molar-refractivity contribution < 1.29 is 9.15 Å². The second-order valence-corrected chi connectivity index (χ2v) is 5.78. The van der Waals surface area contributed by atoms with Gasteiger partial charge in [-0.05, 0) is 41.8 Å². The van der Waals surface area contributed by atoms with E-state index in [2.05, 4.69) is 27.0 Å². The highest BCUT2D eigenvalue weighted by Crippen LogP contribution is 2.34. The molecule has 108 valence electrons. The Morgan fingerprint density at radius 3 is 2.67 bits per heavy atom. The van der Waals surface area contributed by atoms with Gasteiger partial charge in [-0.15, -0.1) is 0 Å². The molecule has 0 amide bonds. The molecule has 2 aromatic carbocycles. The first kappa shape index (κ1) is 13.9. The van der Waals surface area contributed by atoms with Crippen molar-refractivity contribution in [3.63, 3.8) is 0 Å². The molecule has 0 saturated heterocycles. The number of H-pyrrole nitrogens is 1. The quantitative estimate of drug-likeness (QED) is 0.730. The zero-order chi connectivity index (χ0) is 15.0. The highest BCUT2D eigenvalue weighted by molar-refractivity contribution is 9.09. The van der Waals surface area contributed by atoms with Crippen molar-refractivity contribution in [1.82, 2.24) is 4.98 Å². The Balaban J connectivity index is 2.02. The Hall–Kier alpha value is -2.01. The van der Waals surface area contributed by atoms with E-state index in [4.69, 9.17) is 9.15 Å². The van der Waals surface area contributed by atoms with Crippen molar-refractivity contribution in [2.24, 2.45) is 0 Å². The fraction of sp³-hybridized carbons (Fsp3) is 0.188. The number of hydrogen-bond donors (Lipinski definition) is 1. The number of rotatable bonds is 3. The molecule has 1 heterocycles. The number of aromatic nitrogens is 1. The van der Waals surface area contributed by atoms with Crippen LogP contribution in [0.2, 0.25) is 0 Å². The highest BCUT2D eigenvalue weighted by Gasteiger charge is 2.14. The second kappa shape index (κ2) is 5.41. The van der Waals surface area contributed by atoms with Crippen LogP contribution in [0, 0.1) is 6.92 Å². The number of aryl methyl sites for hydroxylation is 1. The number of hydrogen-bond acceptors (Lipinski definition) is 3. The third-order valence-electron chi connectivity index (χ3n) is 3.46. The van der Waals surface area contributed by atoms with Crippen molar-refractivity contribution in [1.29, 1.82) is 0 Å². The zero-order valence-electron chi connectivity index (χ0n) is 11.6. The van der Waals surface area contributed by atoms with E-state index in [1.54, 1.807) is 7.11 Å². The third-order valence-corrected chi connectivity index (χ3v) is 4.52. The normalized spacial score (nSPS) is 12.5. The molecule has 3 rings (SSSR count). The van der Waals surface area contributed by atoms with Crippen molar-refractivity contribution in [2.75, 3.05) is 7.11 Å². The molecular weight excluding hydrogens is 334 g/mol. The predicted octanol–water partition coefficient (Wildman–Crippen LogP) is 3.92. The molecule has 0 saturated carbocycles. The summed E-state index contributed by atoms with van der Waals surface area (Å²) in [5.74, 6) is 0.413. The standard InChI is InChI=1S/C16H14BrNO3/c1-9-3-4-10(7-13(9)20-2)15(17)11-5-6-12-14(8-11)21-16(19)18-12/h3-8,15H,1-2H3,(H,18,19). The van der Waals surface area contributed by atoms with Crippen LogP contribution in [-0.4, -0.2) is 12.1 Å². The maximum Gasteiger partial charge on any atom is 0.417 e. The first-order valence-electron chi connectivity index (χ1n) is 6.50. The number of benzene rings is 2. The van der Waals surface area contributed by atoms with Gasteiger partial charge in [0, 0.05) is 0 Å². The van der Waals surface area contributed by atoms with Gasteiger partial charge in [-0.1, -0.05) is 34.1 Å². The molecule has 1 aromatic heterocycles. The average molecular weight is 348 g/mol. The van der Waals surface area contributed by atoms with Crippen molar-refractivity contribution >= 4 is 27.0 Å². The fourth-order valence-corrected chi connectivity index (χ4v) is 2.88. The molecule has 0 fully saturated rings. The predicted molar refractivity (Wildman–Crippen MR) is 85.3 cm³/mol. The summed E-state index contributed by atoms with van der Waals surface area (Å²) in [7, 11) is 1.66. The Labute approximate surface area is 129 Å². The van der Waals surface area contributed by atoms with E-state index in [0.29, 0.717) is 11.1 Å². The van der Waals surface area contributed by atoms with Crippen molar-refractivity contribution in [3.05, 3.63) is 63.6 Å². The Kier molecular flexibility index (Phi) is 3.59. The summed E-state index contributed by atoms with van der Waals surface area (Å²) in [6.45, 7) is 2.01. The number of halogens is 1. The molecule has 1 N–H and O–H groups in total. The lowest BCUT2D eigenvalue weighted by Gasteiger charge is -2.13. The van der Waals surface area contributed by atoms with Gasteiger partial charge in [0.05, 0.1) is 17.5 Å². The third kappa shape index (κ3) is 2.61. The molecule has 0 spiro atoms. The van der Waals surface area contributed by atoms with Crippen LogP contribution in [-0.2, 0) is 0 Å². The van der Waals surface area contributed by atoms with E-state index < -0.39 is 5.76 Å². The molecular formula is C16H14BrNO3. The van der Waals surface area contributed by atoms with Crippen LogP contribution in [0.3, 0.4) is 0 Å². The summed E-state index contributed by atoms with van der Waals surface area (Å²) in [5.41, 5.74) is 4.44. The first-order chi connectivity index (χ1) is 10.1. The second-order valence-electron chi connectivity index (χ2n) is 4.86. The molecule has 4 nitrogen and oxygen atoms in total. The SMILES string of the molecule is COc1cc(C(Br)c2ccc3[nH]c(=O)oc3c2)ccc1C. The molecule has 1 atom stereocenters. The van der Waals surface area contributed by atoms with Gasteiger partial charge < -0.3 is 9.15 Å². The smallest absolute Gasteiger partial charge is 0.417 e. The summed E-state index contributed by atoms with van der Waals surface area (Å²) >= 11 is 3.69. The first-order valence-corrected chi connectivity index (χ1v) is 7.41. The summed E-state index contributed by atoms with van der Waals surface area (Å²) in [6, 6.07) is 11.7. The number of aromatic amines is 1.